The summed E-state index contributed by atoms with van der Waals surface area (Å²) in [7, 11) is 1.66. The maximum absolute atomic E-state index is 13.3. The molecule has 1 heterocycles. The van der Waals surface area contributed by atoms with Gasteiger partial charge in [-0.2, -0.15) is 0 Å². The monoisotopic (exact) mass is 465 g/mol. The van der Waals surface area contributed by atoms with E-state index >= 15 is 0 Å². The minimum absolute atomic E-state index is 0.174. The summed E-state index contributed by atoms with van der Waals surface area (Å²) < 4.78 is 16.6. The highest BCUT2D eigenvalue weighted by Crippen LogP contribution is 2.36. The molecule has 0 radical (unpaired) electrons. The second-order valence-electron chi connectivity index (χ2n) is 8.42. The number of allylic oxidation sites excluding steroid dienone is 1. The van der Waals surface area contributed by atoms with Gasteiger partial charge in [-0.15, -0.1) is 0 Å². The van der Waals surface area contributed by atoms with E-state index in [1.807, 2.05) is 78.9 Å². The first-order valence-corrected chi connectivity index (χ1v) is 11.8. The number of para-hydroxylation sites is 2. The van der Waals surface area contributed by atoms with E-state index in [2.05, 4.69) is 6.08 Å². The average Bonchev–Trinajstić information content (AvgIpc) is 2.91. The second-order valence-corrected chi connectivity index (χ2v) is 8.42. The van der Waals surface area contributed by atoms with Gasteiger partial charge in [0.05, 0.1) is 23.9 Å². The van der Waals surface area contributed by atoms with Crippen molar-refractivity contribution in [3.05, 3.63) is 101 Å². The maximum atomic E-state index is 13.3. The zero-order chi connectivity index (χ0) is 24.0. The molecule has 0 N–H and O–H groups in total. The van der Waals surface area contributed by atoms with E-state index < -0.39 is 0 Å². The molecule has 0 unspecified atom stereocenters. The van der Waals surface area contributed by atoms with Crippen molar-refractivity contribution in [2.75, 3.05) is 20.3 Å². The van der Waals surface area contributed by atoms with E-state index in [0.717, 1.165) is 64.1 Å². The molecule has 0 fully saturated rings. The molecule has 0 bridgehead atoms. The molecule has 5 rings (SSSR count). The van der Waals surface area contributed by atoms with Crippen molar-refractivity contribution in [1.82, 2.24) is 4.98 Å². The third kappa shape index (κ3) is 5.04. The Morgan fingerprint density at radius 1 is 0.886 bits per heavy atom. The van der Waals surface area contributed by atoms with E-state index in [1.54, 1.807) is 7.11 Å². The summed E-state index contributed by atoms with van der Waals surface area (Å²) in [5.74, 6) is 1.24. The van der Waals surface area contributed by atoms with Crippen LogP contribution in [-0.4, -0.2) is 31.3 Å². The molecule has 0 saturated carbocycles. The van der Waals surface area contributed by atoms with Crippen LogP contribution in [0.5, 0.6) is 11.5 Å². The van der Waals surface area contributed by atoms with Gasteiger partial charge in [0.15, 0.2) is 0 Å². The van der Waals surface area contributed by atoms with Crippen molar-refractivity contribution in [2.24, 2.45) is 0 Å². The van der Waals surface area contributed by atoms with E-state index in [9.17, 15) is 4.79 Å². The standard InChI is InChI=1S/C30H27NO4/c1-33-23-16-14-21(15-17-23)20-22-8-7-12-26-28(25-11-5-6-13-27(25)31-29(22)26)30(32)35-19-18-34-24-9-3-2-4-10-24/h2-6,9-11,13-17,20H,7-8,12,18-19H2,1H3. The van der Waals surface area contributed by atoms with Gasteiger partial charge in [-0.05, 0) is 72.4 Å². The topological polar surface area (TPSA) is 57.7 Å². The van der Waals surface area contributed by atoms with Gasteiger partial charge in [-0.25, -0.2) is 9.78 Å². The first-order valence-electron chi connectivity index (χ1n) is 11.8. The molecule has 0 saturated heterocycles. The lowest BCUT2D eigenvalue weighted by Crippen LogP contribution is -2.17. The average molecular weight is 466 g/mol. The Morgan fingerprint density at radius 3 is 2.46 bits per heavy atom. The molecular formula is C30H27NO4. The van der Waals surface area contributed by atoms with E-state index in [4.69, 9.17) is 19.2 Å². The number of methoxy groups -OCH3 is 1. The predicted octanol–water partition coefficient (Wildman–Crippen LogP) is 6.36. The number of pyridine rings is 1. The predicted molar refractivity (Wildman–Crippen MR) is 138 cm³/mol. The largest absolute Gasteiger partial charge is 0.497 e. The highest BCUT2D eigenvalue weighted by Gasteiger charge is 2.26. The summed E-state index contributed by atoms with van der Waals surface area (Å²) in [5.41, 5.74) is 5.46. The van der Waals surface area contributed by atoms with E-state index in [-0.39, 0.29) is 12.6 Å². The molecule has 1 aliphatic rings. The van der Waals surface area contributed by atoms with Crippen LogP contribution in [0.15, 0.2) is 78.9 Å². The van der Waals surface area contributed by atoms with Crippen LogP contribution in [-0.2, 0) is 11.2 Å². The summed E-state index contributed by atoms with van der Waals surface area (Å²) in [5, 5.41) is 0.825. The molecule has 1 aromatic heterocycles. The highest BCUT2D eigenvalue weighted by atomic mass is 16.6. The number of nitrogens with zero attached hydrogens (tertiary/aromatic N) is 1. The van der Waals surface area contributed by atoms with E-state index in [1.165, 1.54) is 0 Å². The quantitative estimate of drug-likeness (QED) is 0.235. The number of fused-ring (bicyclic) bond motifs is 2. The number of carbonyl (C=O) groups excluding carboxylic acids is 1. The number of benzene rings is 3. The molecule has 0 atom stereocenters. The van der Waals surface area contributed by atoms with Gasteiger partial charge in [-0.3, -0.25) is 0 Å². The summed E-state index contributed by atoms with van der Waals surface area (Å²) >= 11 is 0. The summed E-state index contributed by atoms with van der Waals surface area (Å²) in [6.07, 6.45) is 4.80. The summed E-state index contributed by atoms with van der Waals surface area (Å²) in [4.78, 5) is 18.3. The molecule has 0 amide bonds. The first-order chi connectivity index (χ1) is 17.2. The van der Waals surface area contributed by atoms with Gasteiger partial charge in [0.1, 0.15) is 24.7 Å². The minimum atomic E-state index is -0.331. The SMILES string of the molecule is COc1ccc(C=C2CCCc3c2nc2ccccc2c3C(=O)OCCOc2ccccc2)cc1. The lowest BCUT2D eigenvalue weighted by Gasteiger charge is -2.22. The number of esters is 1. The van der Waals surface area contributed by atoms with Crippen LogP contribution >= 0.6 is 0 Å². The van der Waals surface area contributed by atoms with Gasteiger partial charge in [0.2, 0.25) is 0 Å². The highest BCUT2D eigenvalue weighted by molar-refractivity contribution is 6.06. The number of hydrogen-bond acceptors (Lipinski definition) is 5. The molecule has 0 spiro atoms. The van der Waals surface area contributed by atoms with Gasteiger partial charge in [0.25, 0.3) is 0 Å². The third-order valence-electron chi connectivity index (χ3n) is 6.16. The number of aromatic nitrogens is 1. The van der Waals surface area contributed by atoms with Crippen molar-refractivity contribution >= 4 is 28.5 Å². The molecule has 0 aliphatic heterocycles. The van der Waals surface area contributed by atoms with E-state index in [0.29, 0.717) is 12.2 Å². The molecule has 5 nitrogen and oxygen atoms in total. The van der Waals surface area contributed by atoms with Gasteiger partial charge < -0.3 is 14.2 Å². The Bertz CT molecular complexity index is 1360. The Labute approximate surface area is 205 Å². The normalized spacial score (nSPS) is 13.9. The summed E-state index contributed by atoms with van der Waals surface area (Å²) in [6.45, 7) is 0.470. The van der Waals surface area contributed by atoms with Crippen LogP contribution < -0.4 is 9.47 Å². The fourth-order valence-corrected chi connectivity index (χ4v) is 4.49. The fraction of sp³-hybridized carbons (Fsp3) is 0.200. The second kappa shape index (κ2) is 10.4. The minimum Gasteiger partial charge on any atom is -0.497 e. The molecule has 3 aromatic carbocycles. The first kappa shape index (κ1) is 22.7. The molecule has 5 heteroatoms. The van der Waals surface area contributed by atoms with Crippen LogP contribution in [0.2, 0.25) is 0 Å². The van der Waals surface area contributed by atoms with Crippen LogP contribution in [0.1, 0.15) is 40.0 Å². The van der Waals surface area contributed by atoms with Gasteiger partial charge >= 0.3 is 5.97 Å². The molecule has 35 heavy (non-hydrogen) atoms. The van der Waals surface area contributed by atoms with Crippen LogP contribution in [0.4, 0.5) is 0 Å². The fourth-order valence-electron chi connectivity index (χ4n) is 4.49. The molecule has 176 valence electrons. The Morgan fingerprint density at radius 2 is 1.66 bits per heavy atom. The van der Waals surface area contributed by atoms with Gasteiger partial charge in [0, 0.05) is 5.39 Å². The molecule has 4 aromatic rings. The number of carbonyl (C=O) groups is 1. The number of ether oxygens (including phenoxy) is 3. The zero-order valence-electron chi connectivity index (χ0n) is 19.7. The van der Waals surface area contributed by atoms with Crippen molar-refractivity contribution < 1.29 is 19.0 Å². The Kier molecular flexibility index (Phi) is 6.75. The number of rotatable bonds is 7. The van der Waals surface area contributed by atoms with Crippen LogP contribution in [0.3, 0.4) is 0 Å². The smallest absolute Gasteiger partial charge is 0.339 e. The zero-order valence-corrected chi connectivity index (χ0v) is 19.7. The molecular weight excluding hydrogens is 438 g/mol. The van der Waals surface area contributed by atoms with Crippen molar-refractivity contribution in [2.45, 2.75) is 19.3 Å². The molecule has 1 aliphatic carbocycles. The lowest BCUT2D eigenvalue weighted by atomic mass is 9.86. The Hall–Kier alpha value is -4.12. The number of hydrogen-bond donors (Lipinski definition) is 0. The maximum Gasteiger partial charge on any atom is 0.339 e. The van der Waals surface area contributed by atoms with Crippen molar-refractivity contribution in [3.63, 3.8) is 0 Å². The van der Waals surface area contributed by atoms with Crippen LogP contribution in [0.25, 0.3) is 22.6 Å². The van der Waals surface area contributed by atoms with Crippen LogP contribution in [0, 0.1) is 0 Å². The summed E-state index contributed by atoms with van der Waals surface area (Å²) in [6, 6.07) is 25.2. The third-order valence-corrected chi connectivity index (χ3v) is 6.16. The lowest BCUT2D eigenvalue weighted by molar-refractivity contribution is 0.0451. The van der Waals surface area contributed by atoms with Gasteiger partial charge in [-0.1, -0.05) is 48.5 Å². The van der Waals surface area contributed by atoms with Crippen molar-refractivity contribution in [1.29, 1.82) is 0 Å². The Balaban J connectivity index is 1.44. The van der Waals surface area contributed by atoms with Crippen molar-refractivity contribution in [3.8, 4) is 11.5 Å².